The number of hydrogen-bond acceptors (Lipinski definition) is 4. The molecule has 160 valence electrons. The Morgan fingerprint density at radius 2 is 1.47 bits per heavy atom. The summed E-state index contributed by atoms with van der Waals surface area (Å²) in [6, 6.07) is 29.4. The van der Waals surface area contributed by atoms with E-state index < -0.39 is 15.9 Å². The first-order valence-electron chi connectivity index (χ1n) is 9.98. The summed E-state index contributed by atoms with van der Waals surface area (Å²) < 4.78 is 31.9. The molecular formula is C26H21NO4S. The fraction of sp³-hybridized carbons (Fsp3) is 0.0385. The Hall–Kier alpha value is -3.90. The molecule has 0 radical (unpaired) electrons. The maximum atomic E-state index is 13.4. The van der Waals surface area contributed by atoms with Crippen LogP contribution in [0.4, 0.5) is 10.5 Å². The van der Waals surface area contributed by atoms with E-state index in [1.807, 2.05) is 43.3 Å². The number of anilines is 1. The van der Waals surface area contributed by atoms with Crippen molar-refractivity contribution in [3.05, 3.63) is 109 Å². The van der Waals surface area contributed by atoms with Crippen LogP contribution in [0.1, 0.15) is 5.56 Å². The molecule has 0 aliphatic heterocycles. The van der Waals surface area contributed by atoms with Gasteiger partial charge in [0, 0.05) is 11.3 Å². The van der Waals surface area contributed by atoms with E-state index >= 15 is 0 Å². The molecule has 0 saturated heterocycles. The Morgan fingerprint density at radius 3 is 2.19 bits per heavy atom. The highest BCUT2D eigenvalue weighted by atomic mass is 32.2. The molecule has 0 aliphatic rings. The minimum absolute atomic E-state index is 0.138. The Morgan fingerprint density at radius 1 is 0.781 bits per heavy atom. The van der Waals surface area contributed by atoms with Crippen molar-refractivity contribution in [1.29, 1.82) is 0 Å². The van der Waals surface area contributed by atoms with Crippen molar-refractivity contribution in [3.63, 3.8) is 0 Å². The fourth-order valence-electron chi connectivity index (χ4n) is 3.34. The van der Waals surface area contributed by atoms with E-state index in [0.29, 0.717) is 17.0 Å². The van der Waals surface area contributed by atoms with E-state index in [0.717, 1.165) is 11.1 Å². The number of hydrogen-bond donors (Lipinski definition) is 1. The lowest BCUT2D eigenvalue weighted by Crippen LogP contribution is -2.16. The molecule has 4 aromatic rings. The summed E-state index contributed by atoms with van der Waals surface area (Å²) in [6.07, 6.45) is -0.656. The molecule has 5 nitrogen and oxygen atoms in total. The number of carbonyl (C=O) groups is 1. The van der Waals surface area contributed by atoms with Gasteiger partial charge in [-0.1, -0.05) is 66.2 Å². The van der Waals surface area contributed by atoms with Crippen LogP contribution in [0.2, 0.25) is 0 Å². The minimum atomic E-state index is -3.77. The van der Waals surface area contributed by atoms with Crippen molar-refractivity contribution < 1.29 is 17.9 Å². The monoisotopic (exact) mass is 443 g/mol. The topological polar surface area (TPSA) is 72.5 Å². The van der Waals surface area contributed by atoms with Gasteiger partial charge in [-0.2, -0.15) is 0 Å². The number of sulfone groups is 1. The van der Waals surface area contributed by atoms with Gasteiger partial charge in [-0.3, -0.25) is 5.32 Å². The van der Waals surface area contributed by atoms with Crippen LogP contribution in [0.5, 0.6) is 5.75 Å². The number of rotatable bonds is 5. The summed E-state index contributed by atoms with van der Waals surface area (Å²) in [7, 11) is -3.77. The quantitative estimate of drug-likeness (QED) is 0.404. The molecule has 0 aliphatic carbocycles. The maximum Gasteiger partial charge on any atom is 0.417 e. The van der Waals surface area contributed by atoms with Crippen LogP contribution in [0, 0.1) is 6.92 Å². The molecule has 0 bridgehead atoms. The van der Waals surface area contributed by atoms with E-state index in [1.54, 1.807) is 42.5 Å². The van der Waals surface area contributed by atoms with Crippen LogP contribution in [-0.2, 0) is 9.84 Å². The Balaban J connectivity index is 1.57. The number of ether oxygens (including phenoxy) is 1. The SMILES string of the molecule is Cc1cccc(-c2ccccc2S(=O)(=O)c2ccc(NC(=O)Oc3ccccc3)cc2)c1. The molecule has 0 aromatic heterocycles. The van der Waals surface area contributed by atoms with Gasteiger partial charge in [-0.25, -0.2) is 13.2 Å². The number of benzene rings is 4. The van der Waals surface area contributed by atoms with Gasteiger partial charge in [0.05, 0.1) is 9.79 Å². The molecule has 0 spiro atoms. The molecule has 1 amide bonds. The van der Waals surface area contributed by atoms with Crippen molar-refractivity contribution >= 4 is 21.6 Å². The first-order valence-corrected chi connectivity index (χ1v) is 11.5. The lowest BCUT2D eigenvalue weighted by atomic mass is 10.0. The van der Waals surface area contributed by atoms with E-state index in [1.165, 1.54) is 24.3 Å². The lowest BCUT2D eigenvalue weighted by molar-refractivity contribution is 0.215. The predicted octanol–water partition coefficient (Wildman–Crippen LogP) is 6.11. The summed E-state index contributed by atoms with van der Waals surface area (Å²) in [4.78, 5) is 12.4. The number of aryl methyl sites for hydroxylation is 1. The third-order valence-corrected chi connectivity index (χ3v) is 6.70. The number of amides is 1. The summed E-state index contributed by atoms with van der Waals surface area (Å²) >= 11 is 0. The zero-order valence-corrected chi connectivity index (χ0v) is 18.2. The average Bonchev–Trinajstić information content (AvgIpc) is 2.80. The molecule has 4 rings (SSSR count). The van der Waals surface area contributed by atoms with Gasteiger partial charge < -0.3 is 4.74 Å². The highest BCUT2D eigenvalue weighted by molar-refractivity contribution is 7.91. The van der Waals surface area contributed by atoms with Crippen molar-refractivity contribution in [2.45, 2.75) is 16.7 Å². The second kappa shape index (κ2) is 9.08. The highest BCUT2D eigenvalue weighted by Crippen LogP contribution is 2.32. The van der Waals surface area contributed by atoms with E-state index in [2.05, 4.69) is 5.32 Å². The Bertz CT molecular complexity index is 1350. The zero-order valence-electron chi connectivity index (χ0n) is 17.4. The summed E-state index contributed by atoms with van der Waals surface area (Å²) in [5.41, 5.74) is 2.96. The smallest absolute Gasteiger partial charge is 0.410 e. The van der Waals surface area contributed by atoms with Crippen LogP contribution in [0.15, 0.2) is 113 Å². The molecule has 32 heavy (non-hydrogen) atoms. The largest absolute Gasteiger partial charge is 0.417 e. The molecule has 0 saturated carbocycles. The van der Waals surface area contributed by atoms with Gasteiger partial charge in [0.2, 0.25) is 9.84 Å². The average molecular weight is 444 g/mol. The third kappa shape index (κ3) is 4.71. The van der Waals surface area contributed by atoms with Crippen molar-refractivity contribution in [2.75, 3.05) is 5.32 Å². The fourth-order valence-corrected chi connectivity index (χ4v) is 4.82. The zero-order chi connectivity index (χ0) is 22.6. The van der Waals surface area contributed by atoms with Crippen molar-refractivity contribution in [1.82, 2.24) is 0 Å². The van der Waals surface area contributed by atoms with E-state index in [4.69, 9.17) is 4.74 Å². The number of para-hydroxylation sites is 1. The van der Waals surface area contributed by atoms with Gasteiger partial charge in [0.15, 0.2) is 0 Å². The van der Waals surface area contributed by atoms with Crippen LogP contribution >= 0.6 is 0 Å². The lowest BCUT2D eigenvalue weighted by Gasteiger charge is -2.12. The Kier molecular flexibility index (Phi) is 6.05. The van der Waals surface area contributed by atoms with Gasteiger partial charge in [-0.15, -0.1) is 0 Å². The first-order chi connectivity index (χ1) is 15.4. The minimum Gasteiger partial charge on any atom is -0.410 e. The second-order valence-corrected chi connectivity index (χ2v) is 9.14. The first kappa shape index (κ1) is 21.3. The molecule has 0 fully saturated rings. The van der Waals surface area contributed by atoms with Crippen LogP contribution in [0.3, 0.4) is 0 Å². The highest BCUT2D eigenvalue weighted by Gasteiger charge is 2.22. The third-order valence-electron chi connectivity index (χ3n) is 4.87. The molecule has 0 unspecified atom stereocenters. The van der Waals surface area contributed by atoms with Crippen LogP contribution < -0.4 is 10.1 Å². The molecule has 0 atom stereocenters. The van der Waals surface area contributed by atoms with E-state index in [9.17, 15) is 13.2 Å². The maximum absolute atomic E-state index is 13.4. The summed E-state index contributed by atoms with van der Waals surface area (Å²) in [6.45, 7) is 1.97. The van der Waals surface area contributed by atoms with Gasteiger partial charge in [0.1, 0.15) is 5.75 Å². The molecule has 4 aromatic carbocycles. The predicted molar refractivity (Wildman–Crippen MR) is 125 cm³/mol. The van der Waals surface area contributed by atoms with Crippen molar-refractivity contribution in [3.8, 4) is 16.9 Å². The Labute approximate surface area is 187 Å². The van der Waals surface area contributed by atoms with Gasteiger partial charge in [-0.05, 0) is 55.0 Å². The molecular weight excluding hydrogens is 422 g/mol. The second-order valence-electron chi connectivity index (χ2n) is 7.22. The standard InChI is InChI=1S/C26H21NO4S/c1-19-8-7-9-20(18-19)24-12-5-6-13-25(24)32(29,30)23-16-14-21(15-17-23)27-26(28)31-22-10-3-2-4-11-22/h2-18H,1H3,(H,27,28). The van der Waals surface area contributed by atoms with Crippen LogP contribution in [0.25, 0.3) is 11.1 Å². The number of carbonyl (C=O) groups excluding carboxylic acids is 1. The van der Waals surface area contributed by atoms with Gasteiger partial charge >= 0.3 is 6.09 Å². The van der Waals surface area contributed by atoms with Crippen molar-refractivity contribution in [2.24, 2.45) is 0 Å². The molecule has 6 heteroatoms. The number of nitrogens with one attached hydrogen (secondary N) is 1. The van der Waals surface area contributed by atoms with Crippen LogP contribution in [-0.4, -0.2) is 14.5 Å². The summed E-state index contributed by atoms with van der Waals surface area (Å²) in [5, 5.41) is 2.60. The normalized spacial score (nSPS) is 11.0. The van der Waals surface area contributed by atoms with Gasteiger partial charge in [0.25, 0.3) is 0 Å². The summed E-state index contributed by atoms with van der Waals surface area (Å²) in [5.74, 6) is 0.414. The molecule has 1 N–H and O–H groups in total. The van der Waals surface area contributed by atoms with E-state index in [-0.39, 0.29) is 9.79 Å². The molecule has 0 heterocycles.